The summed E-state index contributed by atoms with van der Waals surface area (Å²) >= 11 is 0. The van der Waals surface area contributed by atoms with E-state index in [1.807, 2.05) is 25.7 Å². The molecule has 0 unspecified atom stereocenters. The van der Waals surface area contributed by atoms with Crippen molar-refractivity contribution in [2.45, 2.75) is 33.6 Å². The van der Waals surface area contributed by atoms with Crippen LogP contribution in [0.5, 0.6) is 0 Å². The molecule has 1 amide bonds. The highest BCUT2D eigenvalue weighted by Crippen LogP contribution is 2.01. The second-order valence-electron chi connectivity index (χ2n) is 2.74. The maximum absolute atomic E-state index is 11.3. The molecule has 0 aromatic rings. The van der Waals surface area contributed by atoms with Crippen LogP contribution in [-0.4, -0.2) is 37.1 Å². The van der Waals surface area contributed by atoms with Gasteiger partial charge in [0.25, 0.3) is 0 Å². The smallest absolute Gasteiger partial charge is 0.222 e. The Morgan fingerprint density at radius 2 is 1.85 bits per heavy atom. The molecule has 0 spiro atoms. The van der Waals surface area contributed by atoms with Crippen molar-refractivity contribution in [3.63, 3.8) is 0 Å². The lowest BCUT2D eigenvalue weighted by Crippen LogP contribution is -2.40. The molecule has 0 bridgehead atoms. The number of rotatable bonds is 2. The van der Waals surface area contributed by atoms with Crippen molar-refractivity contribution in [1.82, 2.24) is 4.90 Å². The normalized spacial score (nSPS) is 16.1. The van der Waals surface area contributed by atoms with Crippen molar-refractivity contribution in [2.24, 2.45) is 0 Å². The first-order valence-electron chi connectivity index (χ1n) is 5.20. The summed E-state index contributed by atoms with van der Waals surface area (Å²) in [5.41, 5.74) is 0. The SMILES string of the molecule is CC.CCCC(=O)N1CCOCC1. The van der Waals surface area contributed by atoms with Crippen molar-refractivity contribution in [3.8, 4) is 0 Å². The first-order chi connectivity index (χ1) is 6.34. The molecule has 0 radical (unpaired) electrons. The van der Waals surface area contributed by atoms with Crippen LogP contribution < -0.4 is 0 Å². The zero-order valence-corrected chi connectivity index (χ0v) is 9.01. The molecule has 1 saturated heterocycles. The quantitative estimate of drug-likeness (QED) is 0.658. The van der Waals surface area contributed by atoms with Crippen molar-refractivity contribution >= 4 is 5.91 Å². The lowest BCUT2D eigenvalue weighted by atomic mass is 10.3. The van der Waals surface area contributed by atoms with Gasteiger partial charge in [-0.15, -0.1) is 0 Å². The highest BCUT2D eigenvalue weighted by molar-refractivity contribution is 5.76. The molecule has 1 aliphatic rings. The Labute approximate surface area is 81.1 Å². The molecule has 3 nitrogen and oxygen atoms in total. The summed E-state index contributed by atoms with van der Waals surface area (Å²) in [5.74, 6) is 0.274. The molecular formula is C10H21NO2. The number of carbonyl (C=O) groups excluding carboxylic acids is 1. The maximum atomic E-state index is 11.3. The Hall–Kier alpha value is -0.570. The van der Waals surface area contributed by atoms with Crippen LogP contribution in [0, 0.1) is 0 Å². The van der Waals surface area contributed by atoms with E-state index >= 15 is 0 Å². The minimum Gasteiger partial charge on any atom is -0.378 e. The average Bonchev–Trinajstić information content (AvgIpc) is 2.23. The predicted molar refractivity (Wildman–Crippen MR) is 53.7 cm³/mol. The fraction of sp³-hybridized carbons (Fsp3) is 0.900. The maximum Gasteiger partial charge on any atom is 0.222 e. The fourth-order valence-electron chi connectivity index (χ4n) is 1.18. The Morgan fingerprint density at radius 1 is 1.31 bits per heavy atom. The zero-order chi connectivity index (χ0) is 10.1. The van der Waals surface area contributed by atoms with Crippen molar-refractivity contribution in [3.05, 3.63) is 0 Å². The molecule has 0 saturated carbocycles. The third-order valence-corrected chi connectivity index (χ3v) is 1.83. The van der Waals surface area contributed by atoms with E-state index in [0.29, 0.717) is 19.6 Å². The second kappa shape index (κ2) is 8.05. The molecule has 0 aliphatic carbocycles. The first-order valence-corrected chi connectivity index (χ1v) is 5.20. The van der Waals surface area contributed by atoms with Crippen LogP contribution in [0.4, 0.5) is 0 Å². The van der Waals surface area contributed by atoms with Crippen LogP contribution in [0.3, 0.4) is 0 Å². The van der Waals surface area contributed by atoms with E-state index in [2.05, 4.69) is 0 Å². The van der Waals surface area contributed by atoms with Gasteiger partial charge in [0.15, 0.2) is 0 Å². The van der Waals surface area contributed by atoms with E-state index in [0.717, 1.165) is 19.5 Å². The minimum absolute atomic E-state index is 0.274. The van der Waals surface area contributed by atoms with Crippen molar-refractivity contribution in [1.29, 1.82) is 0 Å². The third kappa shape index (κ3) is 4.88. The van der Waals surface area contributed by atoms with Gasteiger partial charge < -0.3 is 9.64 Å². The number of nitrogens with zero attached hydrogens (tertiary/aromatic N) is 1. The van der Waals surface area contributed by atoms with E-state index in [4.69, 9.17) is 4.74 Å². The Morgan fingerprint density at radius 3 is 2.31 bits per heavy atom. The highest BCUT2D eigenvalue weighted by atomic mass is 16.5. The Bertz CT molecular complexity index is 131. The molecule has 0 atom stereocenters. The molecule has 0 aromatic heterocycles. The van der Waals surface area contributed by atoms with Gasteiger partial charge in [0.2, 0.25) is 5.91 Å². The molecule has 13 heavy (non-hydrogen) atoms. The number of morpholine rings is 1. The molecule has 1 heterocycles. The highest BCUT2D eigenvalue weighted by Gasteiger charge is 2.14. The average molecular weight is 187 g/mol. The molecule has 78 valence electrons. The molecule has 0 N–H and O–H groups in total. The van der Waals surface area contributed by atoms with E-state index in [9.17, 15) is 4.79 Å². The molecule has 1 aliphatic heterocycles. The van der Waals surface area contributed by atoms with Crippen LogP contribution in [0.1, 0.15) is 33.6 Å². The van der Waals surface area contributed by atoms with Crippen molar-refractivity contribution in [2.75, 3.05) is 26.3 Å². The molecule has 3 heteroatoms. The second-order valence-corrected chi connectivity index (χ2v) is 2.74. The zero-order valence-electron chi connectivity index (χ0n) is 9.01. The summed E-state index contributed by atoms with van der Waals surface area (Å²) in [4.78, 5) is 13.2. The summed E-state index contributed by atoms with van der Waals surface area (Å²) in [5, 5.41) is 0. The third-order valence-electron chi connectivity index (χ3n) is 1.83. The van der Waals surface area contributed by atoms with Gasteiger partial charge in [0, 0.05) is 19.5 Å². The van der Waals surface area contributed by atoms with Gasteiger partial charge in [-0.2, -0.15) is 0 Å². The number of hydrogen-bond donors (Lipinski definition) is 0. The Kier molecular flexibility index (Phi) is 7.69. The lowest BCUT2D eigenvalue weighted by Gasteiger charge is -2.26. The van der Waals surface area contributed by atoms with Gasteiger partial charge in [-0.05, 0) is 6.42 Å². The number of ether oxygens (including phenoxy) is 1. The topological polar surface area (TPSA) is 29.5 Å². The van der Waals surface area contributed by atoms with Gasteiger partial charge in [0.1, 0.15) is 0 Å². The van der Waals surface area contributed by atoms with E-state index in [-0.39, 0.29) is 5.91 Å². The van der Waals surface area contributed by atoms with Crippen LogP contribution >= 0.6 is 0 Å². The van der Waals surface area contributed by atoms with Crippen molar-refractivity contribution < 1.29 is 9.53 Å². The van der Waals surface area contributed by atoms with Crippen LogP contribution in [0.2, 0.25) is 0 Å². The molecule has 1 fully saturated rings. The van der Waals surface area contributed by atoms with Gasteiger partial charge in [-0.3, -0.25) is 4.79 Å². The fourth-order valence-corrected chi connectivity index (χ4v) is 1.18. The van der Waals surface area contributed by atoms with Crippen LogP contribution in [-0.2, 0) is 9.53 Å². The van der Waals surface area contributed by atoms with Crippen LogP contribution in [0.25, 0.3) is 0 Å². The number of hydrogen-bond acceptors (Lipinski definition) is 2. The molecule has 1 rings (SSSR count). The van der Waals surface area contributed by atoms with Crippen LogP contribution in [0.15, 0.2) is 0 Å². The summed E-state index contributed by atoms with van der Waals surface area (Å²) in [7, 11) is 0. The number of carbonyl (C=O) groups is 1. The number of amides is 1. The summed E-state index contributed by atoms with van der Waals surface area (Å²) < 4.78 is 5.13. The van der Waals surface area contributed by atoms with Gasteiger partial charge in [0.05, 0.1) is 13.2 Å². The predicted octanol–water partition coefficient (Wildman–Crippen LogP) is 1.67. The summed E-state index contributed by atoms with van der Waals surface area (Å²) in [6.45, 7) is 8.99. The minimum atomic E-state index is 0.274. The summed E-state index contributed by atoms with van der Waals surface area (Å²) in [6, 6.07) is 0. The standard InChI is InChI=1S/C8H15NO2.C2H6/c1-2-3-8(10)9-4-6-11-7-5-9;1-2/h2-7H2,1H3;1-2H3. The summed E-state index contributed by atoms with van der Waals surface area (Å²) in [6.07, 6.45) is 1.62. The molecule has 0 aromatic carbocycles. The first kappa shape index (κ1) is 12.4. The van der Waals surface area contributed by atoms with E-state index in [1.165, 1.54) is 0 Å². The monoisotopic (exact) mass is 187 g/mol. The van der Waals surface area contributed by atoms with Gasteiger partial charge in [-0.1, -0.05) is 20.8 Å². The Balaban J connectivity index is 0.000000671. The van der Waals surface area contributed by atoms with E-state index < -0.39 is 0 Å². The lowest BCUT2D eigenvalue weighted by molar-refractivity contribution is -0.135. The molecular weight excluding hydrogens is 166 g/mol. The van der Waals surface area contributed by atoms with Gasteiger partial charge >= 0.3 is 0 Å². The van der Waals surface area contributed by atoms with E-state index in [1.54, 1.807) is 0 Å². The largest absolute Gasteiger partial charge is 0.378 e. The van der Waals surface area contributed by atoms with Gasteiger partial charge in [-0.25, -0.2) is 0 Å².